The van der Waals surface area contributed by atoms with Crippen LogP contribution in [-0.4, -0.2) is 10.9 Å². The van der Waals surface area contributed by atoms with Crippen molar-refractivity contribution in [3.63, 3.8) is 0 Å². The minimum atomic E-state index is 0.149. The van der Waals surface area contributed by atoms with E-state index in [0.29, 0.717) is 0 Å². The Bertz CT molecular complexity index is 1050. The fraction of sp³-hybridized carbons (Fsp3) is 0.385. The molecule has 0 spiro atoms. The van der Waals surface area contributed by atoms with Crippen LogP contribution in [0.2, 0.25) is 0 Å². The molecule has 29 heavy (non-hydrogen) atoms. The number of nitrogens with zero attached hydrogens (tertiary/aromatic N) is 1. The van der Waals surface area contributed by atoms with Crippen LogP contribution >= 0.6 is 0 Å². The number of fused-ring (bicyclic) bond motifs is 2. The molecule has 1 heterocycles. The fourth-order valence-corrected chi connectivity index (χ4v) is 4.97. The molecule has 1 saturated carbocycles. The van der Waals surface area contributed by atoms with Gasteiger partial charge in [-0.2, -0.15) is 0 Å². The summed E-state index contributed by atoms with van der Waals surface area (Å²) in [6.07, 6.45) is 10.1. The molecule has 2 aromatic carbocycles. The molecular weight excluding hydrogens is 356 g/mol. The van der Waals surface area contributed by atoms with Crippen molar-refractivity contribution in [2.24, 2.45) is 5.92 Å². The lowest BCUT2D eigenvalue weighted by molar-refractivity contribution is -0.120. The Hall–Kier alpha value is -2.68. The van der Waals surface area contributed by atoms with Gasteiger partial charge in [-0.15, -0.1) is 0 Å². The second-order valence-corrected chi connectivity index (χ2v) is 8.64. The van der Waals surface area contributed by atoms with Crippen molar-refractivity contribution in [3.05, 3.63) is 70.9 Å². The Labute approximate surface area is 172 Å². The van der Waals surface area contributed by atoms with Gasteiger partial charge in [0, 0.05) is 23.4 Å². The van der Waals surface area contributed by atoms with Crippen LogP contribution in [0.25, 0.3) is 10.9 Å². The lowest BCUT2D eigenvalue weighted by atomic mass is 9.88. The molecule has 3 nitrogen and oxygen atoms in total. The van der Waals surface area contributed by atoms with Crippen molar-refractivity contribution in [3.8, 4) is 0 Å². The zero-order valence-corrected chi connectivity index (χ0v) is 16.9. The van der Waals surface area contributed by atoms with Gasteiger partial charge in [-0.05, 0) is 60.9 Å². The van der Waals surface area contributed by atoms with Crippen LogP contribution in [-0.2, 0) is 24.1 Å². The molecule has 2 aliphatic carbocycles. The smallest absolute Gasteiger partial charge is 0.227 e. The normalized spacial score (nSPS) is 16.7. The highest BCUT2D eigenvalue weighted by atomic mass is 16.1. The number of amides is 1. The molecule has 1 fully saturated rings. The Kier molecular flexibility index (Phi) is 5.05. The number of hydrogen-bond donors (Lipinski definition) is 1. The Balaban J connectivity index is 1.44. The molecule has 0 saturated heterocycles. The van der Waals surface area contributed by atoms with E-state index in [0.717, 1.165) is 41.5 Å². The van der Waals surface area contributed by atoms with Gasteiger partial charge in [0.1, 0.15) is 0 Å². The van der Waals surface area contributed by atoms with E-state index in [4.69, 9.17) is 4.98 Å². The van der Waals surface area contributed by atoms with Gasteiger partial charge >= 0.3 is 0 Å². The van der Waals surface area contributed by atoms with Gasteiger partial charge in [-0.1, -0.05) is 55.7 Å². The molecule has 1 N–H and O–H groups in total. The van der Waals surface area contributed by atoms with E-state index in [2.05, 4.69) is 35.6 Å². The average Bonchev–Trinajstić information content (AvgIpc) is 3.22. The van der Waals surface area contributed by atoms with E-state index in [9.17, 15) is 4.79 Å². The number of carbonyl (C=O) groups excluding carboxylic acids is 1. The van der Waals surface area contributed by atoms with Crippen LogP contribution in [0.5, 0.6) is 0 Å². The third-order valence-electron chi connectivity index (χ3n) is 6.55. The van der Waals surface area contributed by atoms with Gasteiger partial charge in [-0.3, -0.25) is 9.78 Å². The zero-order valence-electron chi connectivity index (χ0n) is 16.9. The first-order valence-electron chi connectivity index (χ1n) is 11.1. The zero-order chi connectivity index (χ0) is 19.6. The molecule has 1 amide bonds. The molecule has 5 rings (SSSR count). The average molecular weight is 385 g/mol. The SMILES string of the molecule is O=C(Nc1cc(Cc2ccc3c(c2)CCC3)nc2ccccc12)C1CCCCC1. The number of benzene rings is 2. The summed E-state index contributed by atoms with van der Waals surface area (Å²) in [6, 6.07) is 17.1. The number of carbonyl (C=O) groups is 1. The van der Waals surface area contributed by atoms with Crippen LogP contribution in [0.15, 0.2) is 48.5 Å². The van der Waals surface area contributed by atoms with E-state index in [1.165, 1.54) is 55.2 Å². The number of rotatable bonds is 4. The van der Waals surface area contributed by atoms with Gasteiger partial charge in [0.05, 0.1) is 11.2 Å². The molecule has 3 aromatic rings. The van der Waals surface area contributed by atoms with E-state index >= 15 is 0 Å². The number of hydrogen-bond acceptors (Lipinski definition) is 2. The van der Waals surface area contributed by atoms with Crippen LogP contribution in [0.3, 0.4) is 0 Å². The van der Waals surface area contributed by atoms with Crippen molar-refractivity contribution in [2.45, 2.75) is 57.8 Å². The minimum absolute atomic E-state index is 0.149. The summed E-state index contributed by atoms with van der Waals surface area (Å²) in [5, 5.41) is 4.27. The maximum absolute atomic E-state index is 12.9. The summed E-state index contributed by atoms with van der Waals surface area (Å²) in [7, 11) is 0. The Morgan fingerprint density at radius 3 is 2.66 bits per heavy atom. The molecule has 0 atom stereocenters. The Morgan fingerprint density at radius 1 is 0.931 bits per heavy atom. The third kappa shape index (κ3) is 3.91. The molecule has 2 aliphatic rings. The summed E-state index contributed by atoms with van der Waals surface area (Å²) in [5.41, 5.74) is 7.17. The van der Waals surface area contributed by atoms with E-state index in [1.54, 1.807) is 0 Å². The molecule has 0 unspecified atom stereocenters. The van der Waals surface area contributed by atoms with Gasteiger partial charge in [0.2, 0.25) is 5.91 Å². The fourth-order valence-electron chi connectivity index (χ4n) is 4.97. The quantitative estimate of drug-likeness (QED) is 0.614. The third-order valence-corrected chi connectivity index (χ3v) is 6.55. The molecule has 0 radical (unpaired) electrons. The highest BCUT2D eigenvalue weighted by Crippen LogP contribution is 2.29. The summed E-state index contributed by atoms with van der Waals surface area (Å²) in [6.45, 7) is 0. The number of aryl methyl sites for hydroxylation is 2. The molecule has 0 aliphatic heterocycles. The largest absolute Gasteiger partial charge is 0.325 e. The number of para-hydroxylation sites is 1. The van der Waals surface area contributed by atoms with Crippen molar-refractivity contribution in [1.29, 1.82) is 0 Å². The molecule has 148 valence electrons. The Morgan fingerprint density at radius 2 is 1.76 bits per heavy atom. The van der Waals surface area contributed by atoms with Crippen LogP contribution in [0.4, 0.5) is 5.69 Å². The van der Waals surface area contributed by atoms with Gasteiger partial charge in [-0.25, -0.2) is 0 Å². The van der Waals surface area contributed by atoms with E-state index in [-0.39, 0.29) is 11.8 Å². The summed E-state index contributed by atoms with van der Waals surface area (Å²) >= 11 is 0. The molecular formula is C26H28N2O. The first-order chi connectivity index (χ1) is 14.3. The summed E-state index contributed by atoms with van der Waals surface area (Å²) in [4.78, 5) is 17.8. The lowest BCUT2D eigenvalue weighted by Crippen LogP contribution is -2.25. The second kappa shape index (κ2) is 7.98. The topological polar surface area (TPSA) is 42.0 Å². The van der Waals surface area contributed by atoms with Crippen molar-refractivity contribution in [1.82, 2.24) is 4.98 Å². The summed E-state index contributed by atoms with van der Waals surface area (Å²) < 4.78 is 0. The lowest BCUT2D eigenvalue weighted by Gasteiger charge is -2.21. The minimum Gasteiger partial charge on any atom is -0.325 e. The van der Waals surface area contributed by atoms with Gasteiger partial charge in [0.25, 0.3) is 0 Å². The number of aromatic nitrogens is 1. The predicted molar refractivity (Wildman–Crippen MR) is 118 cm³/mol. The molecule has 1 aromatic heterocycles. The first kappa shape index (κ1) is 18.4. The second-order valence-electron chi connectivity index (χ2n) is 8.64. The van der Waals surface area contributed by atoms with Gasteiger partial charge < -0.3 is 5.32 Å². The van der Waals surface area contributed by atoms with Crippen molar-refractivity contribution >= 4 is 22.5 Å². The van der Waals surface area contributed by atoms with E-state index in [1.807, 2.05) is 18.2 Å². The standard InChI is InChI=1S/C26H28N2O/c29-26(20-7-2-1-3-8-20)28-25-17-22(27-24-12-5-4-11-23(24)25)16-18-13-14-19-9-6-10-21(19)15-18/h4-5,11-15,17,20H,1-3,6-10,16H2,(H,27,28,29). The highest BCUT2D eigenvalue weighted by Gasteiger charge is 2.22. The number of pyridine rings is 1. The van der Waals surface area contributed by atoms with Crippen LogP contribution in [0, 0.1) is 5.92 Å². The maximum Gasteiger partial charge on any atom is 0.227 e. The molecule has 0 bridgehead atoms. The maximum atomic E-state index is 12.9. The number of anilines is 1. The molecule has 3 heteroatoms. The van der Waals surface area contributed by atoms with Crippen molar-refractivity contribution in [2.75, 3.05) is 5.32 Å². The van der Waals surface area contributed by atoms with E-state index < -0.39 is 0 Å². The first-order valence-corrected chi connectivity index (χ1v) is 11.1. The van der Waals surface area contributed by atoms with Crippen molar-refractivity contribution < 1.29 is 4.79 Å². The monoisotopic (exact) mass is 384 g/mol. The van der Waals surface area contributed by atoms with Crippen LogP contribution in [0.1, 0.15) is 60.9 Å². The summed E-state index contributed by atoms with van der Waals surface area (Å²) in [5.74, 6) is 0.320. The van der Waals surface area contributed by atoms with Crippen LogP contribution < -0.4 is 5.32 Å². The number of nitrogens with one attached hydrogen (secondary N) is 1. The van der Waals surface area contributed by atoms with Gasteiger partial charge in [0.15, 0.2) is 0 Å². The highest BCUT2D eigenvalue weighted by molar-refractivity contribution is 6.01. The predicted octanol–water partition coefficient (Wildman–Crippen LogP) is 5.83.